The van der Waals surface area contributed by atoms with Crippen LogP contribution in [0, 0.1) is 6.92 Å². The van der Waals surface area contributed by atoms with E-state index in [1.165, 1.54) is 11.1 Å². The Morgan fingerprint density at radius 2 is 2.11 bits per heavy atom. The molecule has 0 heterocycles. The second-order valence-corrected chi connectivity index (χ2v) is 5.85. The van der Waals surface area contributed by atoms with Crippen LogP contribution in [0.15, 0.2) is 22.7 Å². The van der Waals surface area contributed by atoms with E-state index in [0.29, 0.717) is 6.54 Å². The second-order valence-electron chi connectivity index (χ2n) is 5.06. The van der Waals surface area contributed by atoms with Crippen molar-refractivity contribution in [1.29, 1.82) is 0 Å². The number of halogens is 1. The van der Waals surface area contributed by atoms with Crippen LogP contribution >= 0.6 is 15.9 Å². The van der Waals surface area contributed by atoms with E-state index in [4.69, 9.17) is 5.73 Å². The number of rotatable bonds is 4. The smallest absolute Gasteiger partial charge is 0.237 e. The predicted octanol–water partition coefficient (Wildman–Crippen LogP) is 2.65. The summed E-state index contributed by atoms with van der Waals surface area (Å²) < 4.78 is 1.11. The summed E-state index contributed by atoms with van der Waals surface area (Å²) in [6.07, 6.45) is 3.85. The molecule has 3 nitrogen and oxygen atoms in total. The van der Waals surface area contributed by atoms with E-state index in [1.54, 1.807) is 0 Å². The summed E-state index contributed by atoms with van der Waals surface area (Å²) in [7, 11) is 0. The van der Waals surface area contributed by atoms with Gasteiger partial charge in [0.2, 0.25) is 5.91 Å². The average Bonchev–Trinajstić information content (AvgIpc) is 2.81. The van der Waals surface area contributed by atoms with Crippen LogP contribution in [0.3, 0.4) is 0 Å². The number of hydrogen-bond acceptors (Lipinski definition) is 2. The summed E-state index contributed by atoms with van der Waals surface area (Å²) in [4.78, 5) is 11.6. The lowest BCUT2D eigenvalue weighted by atomic mass is 9.96. The van der Waals surface area contributed by atoms with Crippen LogP contribution in [0.2, 0.25) is 0 Å². The van der Waals surface area contributed by atoms with Crippen LogP contribution in [-0.4, -0.2) is 11.4 Å². The van der Waals surface area contributed by atoms with Gasteiger partial charge >= 0.3 is 0 Å². The molecule has 1 aliphatic rings. The van der Waals surface area contributed by atoms with E-state index in [1.807, 2.05) is 6.07 Å². The molecule has 4 heteroatoms. The molecule has 1 amide bonds. The zero-order valence-corrected chi connectivity index (χ0v) is 12.2. The first kappa shape index (κ1) is 13.6. The first-order chi connectivity index (χ1) is 8.55. The van der Waals surface area contributed by atoms with Crippen molar-refractivity contribution in [3.63, 3.8) is 0 Å². The van der Waals surface area contributed by atoms with E-state index in [0.717, 1.165) is 30.2 Å². The number of amides is 1. The van der Waals surface area contributed by atoms with Gasteiger partial charge in [0.25, 0.3) is 0 Å². The minimum atomic E-state index is -0.497. The third kappa shape index (κ3) is 2.59. The Bertz CT molecular complexity index is 453. The number of hydrogen-bond donors (Lipinski definition) is 2. The number of carbonyl (C=O) groups excluding carboxylic acids is 1. The molecule has 0 aromatic heterocycles. The highest BCUT2D eigenvalue weighted by atomic mass is 79.9. The van der Waals surface area contributed by atoms with Crippen molar-refractivity contribution in [1.82, 2.24) is 5.32 Å². The van der Waals surface area contributed by atoms with Crippen molar-refractivity contribution in [2.75, 3.05) is 0 Å². The fraction of sp³-hybridized carbons (Fsp3) is 0.500. The van der Waals surface area contributed by atoms with Gasteiger partial charge in [0.15, 0.2) is 0 Å². The normalized spacial score (nSPS) is 17.9. The molecule has 1 aliphatic carbocycles. The Kier molecular flexibility index (Phi) is 4.07. The molecule has 1 saturated carbocycles. The number of benzene rings is 1. The van der Waals surface area contributed by atoms with Crippen molar-refractivity contribution >= 4 is 21.8 Å². The zero-order chi connectivity index (χ0) is 13.2. The zero-order valence-electron chi connectivity index (χ0n) is 10.6. The first-order valence-electron chi connectivity index (χ1n) is 6.34. The molecule has 3 N–H and O–H groups in total. The first-order valence-corrected chi connectivity index (χ1v) is 7.13. The van der Waals surface area contributed by atoms with Crippen LogP contribution < -0.4 is 11.1 Å². The highest BCUT2D eigenvalue weighted by Crippen LogP contribution is 2.30. The Labute approximate surface area is 116 Å². The van der Waals surface area contributed by atoms with Gasteiger partial charge in [0, 0.05) is 11.0 Å². The van der Waals surface area contributed by atoms with Gasteiger partial charge in [0.1, 0.15) is 0 Å². The molecule has 0 aliphatic heterocycles. The number of nitrogens with one attached hydrogen (secondary N) is 1. The monoisotopic (exact) mass is 310 g/mol. The quantitative estimate of drug-likeness (QED) is 0.898. The maximum Gasteiger partial charge on any atom is 0.237 e. The fourth-order valence-electron chi connectivity index (χ4n) is 2.60. The SMILES string of the molecule is Cc1cccc(CNC2(C(N)=O)CCCC2)c1Br. The Morgan fingerprint density at radius 1 is 1.44 bits per heavy atom. The lowest BCUT2D eigenvalue weighted by Gasteiger charge is -2.27. The molecule has 1 aromatic carbocycles. The molecule has 18 heavy (non-hydrogen) atoms. The van der Waals surface area contributed by atoms with Gasteiger partial charge in [-0.2, -0.15) is 0 Å². The third-order valence-electron chi connectivity index (χ3n) is 3.82. The topological polar surface area (TPSA) is 55.1 Å². The maximum absolute atomic E-state index is 11.6. The van der Waals surface area contributed by atoms with Crippen LogP contribution in [0.5, 0.6) is 0 Å². The summed E-state index contributed by atoms with van der Waals surface area (Å²) >= 11 is 3.59. The standard InChI is InChI=1S/C14H19BrN2O/c1-10-5-4-6-11(12(10)15)9-17-14(13(16)18)7-2-3-8-14/h4-6,17H,2-3,7-9H2,1H3,(H2,16,18). The number of aryl methyl sites for hydroxylation is 1. The molecule has 0 atom stereocenters. The summed E-state index contributed by atoms with van der Waals surface area (Å²) in [5.41, 5.74) is 7.43. The maximum atomic E-state index is 11.6. The van der Waals surface area contributed by atoms with Gasteiger partial charge in [-0.25, -0.2) is 0 Å². The van der Waals surface area contributed by atoms with E-state index < -0.39 is 5.54 Å². The number of carbonyl (C=O) groups is 1. The summed E-state index contributed by atoms with van der Waals surface area (Å²) in [6.45, 7) is 2.73. The van der Waals surface area contributed by atoms with E-state index in [-0.39, 0.29) is 5.91 Å². The molecule has 2 rings (SSSR count). The van der Waals surface area contributed by atoms with Crippen molar-refractivity contribution in [2.45, 2.75) is 44.7 Å². The van der Waals surface area contributed by atoms with Gasteiger partial charge in [-0.05, 0) is 30.9 Å². The molecule has 0 unspecified atom stereocenters. The number of primary amides is 1. The molecular formula is C14H19BrN2O. The fourth-order valence-corrected chi connectivity index (χ4v) is 3.00. The van der Waals surface area contributed by atoms with Gasteiger partial charge in [-0.1, -0.05) is 47.0 Å². The van der Waals surface area contributed by atoms with Crippen molar-refractivity contribution in [3.8, 4) is 0 Å². The molecule has 0 bridgehead atoms. The molecular weight excluding hydrogens is 292 g/mol. The predicted molar refractivity (Wildman–Crippen MR) is 76.1 cm³/mol. The Balaban J connectivity index is 2.11. The van der Waals surface area contributed by atoms with Crippen LogP contribution in [0.25, 0.3) is 0 Å². The van der Waals surface area contributed by atoms with Crippen molar-refractivity contribution in [2.24, 2.45) is 5.73 Å². The Hall–Kier alpha value is -0.870. The highest BCUT2D eigenvalue weighted by Gasteiger charge is 2.38. The lowest BCUT2D eigenvalue weighted by molar-refractivity contribution is -0.124. The molecule has 0 saturated heterocycles. The molecule has 0 radical (unpaired) electrons. The lowest BCUT2D eigenvalue weighted by Crippen LogP contribution is -2.53. The summed E-state index contributed by atoms with van der Waals surface area (Å²) in [5, 5.41) is 3.37. The van der Waals surface area contributed by atoms with Gasteiger partial charge in [-0.3, -0.25) is 10.1 Å². The van der Waals surface area contributed by atoms with Gasteiger partial charge in [-0.15, -0.1) is 0 Å². The van der Waals surface area contributed by atoms with Gasteiger partial charge < -0.3 is 5.73 Å². The largest absolute Gasteiger partial charge is 0.368 e. The van der Waals surface area contributed by atoms with Crippen LogP contribution in [0.4, 0.5) is 0 Å². The molecule has 98 valence electrons. The van der Waals surface area contributed by atoms with Crippen molar-refractivity contribution in [3.05, 3.63) is 33.8 Å². The average molecular weight is 311 g/mol. The molecule has 1 fully saturated rings. The van der Waals surface area contributed by atoms with Gasteiger partial charge in [0.05, 0.1) is 5.54 Å². The van der Waals surface area contributed by atoms with E-state index >= 15 is 0 Å². The third-order valence-corrected chi connectivity index (χ3v) is 4.95. The van der Waals surface area contributed by atoms with E-state index in [9.17, 15) is 4.79 Å². The van der Waals surface area contributed by atoms with E-state index in [2.05, 4.69) is 40.3 Å². The minimum absolute atomic E-state index is 0.219. The minimum Gasteiger partial charge on any atom is -0.368 e. The second kappa shape index (κ2) is 5.41. The van der Waals surface area contributed by atoms with Crippen LogP contribution in [0.1, 0.15) is 36.8 Å². The van der Waals surface area contributed by atoms with Crippen molar-refractivity contribution < 1.29 is 4.79 Å². The summed E-state index contributed by atoms with van der Waals surface area (Å²) in [6, 6.07) is 6.16. The summed E-state index contributed by atoms with van der Waals surface area (Å²) in [5.74, 6) is -0.219. The molecule has 1 aromatic rings. The Morgan fingerprint density at radius 3 is 2.72 bits per heavy atom. The highest BCUT2D eigenvalue weighted by molar-refractivity contribution is 9.10. The van der Waals surface area contributed by atoms with Crippen LogP contribution in [-0.2, 0) is 11.3 Å². The molecule has 0 spiro atoms. The number of nitrogens with two attached hydrogens (primary N) is 1.